The molecule has 1 aromatic carbocycles. The quantitative estimate of drug-likeness (QED) is 0.803. The van der Waals surface area contributed by atoms with E-state index in [-0.39, 0.29) is 11.5 Å². The van der Waals surface area contributed by atoms with Gasteiger partial charge in [0.1, 0.15) is 5.60 Å². The lowest BCUT2D eigenvalue weighted by atomic mass is 9.73. The lowest BCUT2D eigenvalue weighted by Crippen LogP contribution is -2.46. The van der Waals surface area contributed by atoms with E-state index in [0.29, 0.717) is 6.42 Å². The van der Waals surface area contributed by atoms with Crippen LogP contribution in [0.15, 0.2) is 24.3 Å². The van der Waals surface area contributed by atoms with E-state index >= 15 is 0 Å². The summed E-state index contributed by atoms with van der Waals surface area (Å²) >= 11 is 0. The van der Waals surface area contributed by atoms with Gasteiger partial charge >= 0.3 is 0 Å². The van der Waals surface area contributed by atoms with Gasteiger partial charge in [-0.25, -0.2) is 0 Å². The molecule has 4 nitrogen and oxygen atoms in total. The molecule has 2 heterocycles. The van der Waals surface area contributed by atoms with Crippen molar-refractivity contribution in [2.75, 3.05) is 20.7 Å². The normalized spacial score (nSPS) is 33.9. The van der Waals surface area contributed by atoms with Crippen LogP contribution in [-0.4, -0.2) is 42.4 Å². The topological polar surface area (TPSA) is 41.9 Å². The molecule has 3 atom stereocenters. The molecule has 1 aliphatic carbocycles. The van der Waals surface area contributed by atoms with Crippen LogP contribution in [0, 0.1) is 0 Å². The van der Waals surface area contributed by atoms with E-state index in [1.54, 1.807) is 7.11 Å². The molecular formula is C17H21NO3. The zero-order valence-corrected chi connectivity index (χ0v) is 12.5. The predicted octanol–water partition coefficient (Wildman–Crippen LogP) is 2.07. The Morgan fingerprint density at radius 2 is 2.24 bits per heavy atom. The molecule has 0 fully saturated rings. The van der Waals surface area contributed by atoms with Gasteiger partial charge in [0.2, 0.25) is 0 Å². The van der Waals surface area contributed by atoms with Crippen molar-refractivity contribution in [1.29, 1.82) is 0 Å². The van der Waals surface area contributed by atoms with Crippen LogP contribution in [0.5, 0.6) is 11.5 Å². The summed E-state index contributed by atoms with van der Waals surface area (Å²) in [5.74, 6) is 1.92. The highest BCUT2D eigenvalue weighted by Crippen LogP contribution is 2.56. The van der Waals surface area contributed by atoms with Crippen molar-refractivity contribution < 1.29 is 14.6 Å². The lowest BCUT2D eigenvalue weighted by molar-refractivity contribution is 0.00834. The molecule has 2 aliphatic heterocycles. The molecule has 0 aromatic heterocycles. The molecule has 0 spiro atoms. The van der Waals surface area contributed by atoms with Crippen LogP contribution < -0.4 is 9.47 Å². The third-order valence-electron chi connectivity index (χ3n) is 5.09. The number of aliphatic hydroxyl groups is 1. The minimum Gasteiger partial charge on any atom is -0.493 e. The summed E-state index contributed by atoms with van der Waals surface area (Å²) in [4.78, 5) is 2.33. The number of benzene rings is 1. The first-order valence-electron chi connectivity index (χ1n) is 7.57. The molecule has 0 radical (unpaired) electrons. The van der Waals surface area contributed by atoms with E-state index in [1.807, 2.05) is 12.1 Å². The number of nitrogens with zero attached hydrogens (tertiary/aromatic N) is 1. The molecular weight excluding hydrogens is 266 g/mol. The maximum atomic E-state index is 10.1. The Labute approximate surface area is 125 Å². The van der Waals surface area contributed by atoms with E-state index in [2.05, 4.69) is 24.1 Å². The Morgan fingerprint density at radius 1 is 1.38 bits per heavy atom. The van der Waals surface area contributed by atoms with Crippen LogP contribution in [0.1, 0.15) is 29.9 Å². The molecule has 3 aliphatic rings. The number of hydrogen-bond acceptors (Lipinski definition) is 4. The molecule has 2 bridgehead atoms. The fraction of sp³-hybridized carbons (Fsp3) is 0.529. The highest BCUT2D eigenvalue weighted by atomic mass is 16.5. The molecule has 21 heavy (non-hydrogen) atoms. The van der Waals surface area contributed by atoms with Crippen LogP contribution in [0.3, 0.4) is 0 Å². The SMILES string of the molecule is COc1ccc2c3c1O[C@]1(CCN(C)C2)CC(O)C=C[C@@H]31. The van der Waals surface area contributed by atoms with Gasteiger partial charge in [-0.15, -0.1) is 0 Å². The van der Waals surface area contributed by atoms with Crippen molar-refractivity contribution >= 4 is 0 Å². The number of hydrogen-bond donors (Lipinski definition) is 1. The summed E-state index contributed by atoms with van der Waals surface area (Å²) in [6.45, 7) is 1.90. The van der Waals surface area contributed by atoms with E-state index < -0.39 is 6.10 Å². The fourth-order valence-electron chi connectivity index (χ4n) is 4.06. The molecule has 1 aromatic rings. The van der Waals surface area contributed by atoms with Crippen LogP contribution >= 0.6 is 0 Å². The standard InChI is InChI=1S/C17H21NO3/c1-18-8-7-17-9-12(19)4-5-13(17)15-11(10-18)3-6-14(20-2)16(15)21-17/h3-6,12-13,19H,7-10H2,1-2H3/t12?,13-,17+/m0/s1. The molecule has 0 amide bonds. The summed E-state index contributed by atoms with van der Waals surface area (Å²) < 4.78 is 11.9. The van der Waals surface area contributed by atoms with Crippen LogP contribution in [0.2, 0.25) is 0 Å². The predicted molar refractivity (Wildman–Crippen MR) is 79.8 cm³/mol. The molecule has 1 N–H and O–H groups in total. The van der Waals surface area contributed by atoms with Crippen LogP contribution in [0.4, 0.5) is 0 Å². The van der Waals surface area contributed by atoms with Gasteiger partial charge in [-0.2, -0.15) is 0 Å². The maximum absolute atomic E-state index is 10.1. The third-order valence-corrected chi connectivity index (χ3v) is 5.09. The Hall–Kier alpha value is -1.52. The Kier molecular flexibility index (Phi) is 2.81. The minimum atomic E-state index is -0.422. The van der Waals surface area contributed by atoms with Crippen molar-refractivity contribution in [3.63, 3.8) is 0 Å². The molecule has 112 valence electrons. The maximum Gasteiger partial charge on any atom is 0.166 e. The Morgan fingerprint density at radius 3 is 3.05 bits per heavy atom. The van der Waals surface area contributed by atoms with E-state index in [4.69, 9.17) is 9.47 Å². The summed E-state index contributed by atoms with van der Waals surface area (Å²) in [5.41, 5.74) is 2.24. The fourth-order valence-corrected chi connectivity index (χ4v) is 4.06. The zero-order chi connectivity index (χ0) is 14.6. The average Bonchev–Trinajstić information content (AvgIpc) is 2.80. The molecule has 0 saturated heterocycles. The molecule has 4 heteroatoms. The van der Waals surface area contributed by atoms with Gasteiger partial charge in [0.05, 0.1) is 13.2 Å². The molecule has 1 unspecified atom stereocenters. The van der Waals surface area contributed by atoms with Gasteiger partial charge in [0.25, 0.3) is 0 Å². The van der Waals surface area contributed by atoms with Crippen molar-refractivity contribution in [3.05, 3.63) is 35.4 Å². The highest BCUT2D eigenvalue weighted by molar-refractivity contribution is 5.59. The van der Waals surface area contributed by atoms with E-state index in [0.717, 1.165) is 31.0 Å². The summed E-state index contributed by atoms with van der Waals surface area (Å²) in [7, 11) is 3.83. The van der Waals surface area contributed by atoms with Crippen molar-refractivity contribution in [3.8, 4) is 11.5 Å². The third kappa shape index (κ3) is 1.82. The monoisotopic (exact) mass is 287 g/mol. The largest absolute Gasteiger partial charge is 0.493 e. The number of ether oxygens (including phenoxy) is 2. The second kappa shape index (κ2) is 4.49. The Bertz CT molecular complexity index is 612. The van der Waals surface area contributed by atoms with Gasteiger partial charge in [0.15, 0.2) is 11.5 Å². The van der Waals surface area contributed by atoms with Gasteiger partial charge in [0, 0.05) is 37.4 Å². The Balaban J connectivity index is 1.94. The molecule has 0 saturated carbocycles. The number of aliphatic hydroxyl groups excluding tert-OH is 1. The van der Waals surface area contributed by atoms with Crippen LogP contribution in [-0.2, 0) is 6.54 Å². The second-order valence-corrected chi connectivity index (χ2v) is 6.46. The summed E-state index contributed by atoms with van der Waals surface area (Å²) in [6, 6.07) is 4.15. The number of methoxy groups -OCH3 is 1. The van der Waals surface area contributed by atoms with Crippen molar-refractivity contribution in [1.82, 2.24) is 4.90 Å². The zero-order valence-electron chi connectivity index (χ0n) is 12.5. The second-order valence-electron chi connectivity index (χ2n) is 6.46. The summed E-state index contributed by atoms with van der Waals surface area (Å²) in [6.07, 6.45) is 5.20. The van der Waals surface area contributed by atoms with E-state index in [9.17, 15) is 5.11 Å². The average molecular weight is 287 g/mol. The highest BCUT2D eigenvalue weighted by Gasteiger charge is 2.52. The lowest BCUT2D eigenvalue weighted by Gasteiger charge is -2.39. The van der Waals surface area contributed by atoms with Gasteiger partial charge in [-0.1, -0.05) is 18.2 Å². The summed E-state index contributed by atoms with van der Waals surface area (Å²) in [5, 5.41) is 10.1. The first-order valence-corrected chi connectivity index (χ1v) is 7.57. The first-order chi connectivity index (χ1) is 10.1. The minimum absolute atomic E-state index is 0.231. The van der Waals surface area contributed by atoms with Crippen molar-refractivity contribution in [2.45, 2.75) is 37.0 Å². The first kappa shape index (κ1) is 13.2. The van der Waals surface area contributed by atoms with E-state index in [1.165, 1.54) is 11.1 Å². The van der Waals surface area contributed by atoms with Crippen molar-refractivity contribution in [2.24, 2.45) is 0 Å². The number of rotatable bonds is 1. The van der Waals surface area contributed by atoms with Gasteiger partial charge in [-0.05, 0) is 18.7 Å². The van der Waals surface area contributed by atoms with Crippen LogP contribution in [0.25, 0.3) is 0 Å². The smallest absolute Gasteiger partial charge is 0.166 e. The van der Waals surface area contributed by atoms with Gasteiger partial charge in [-0.3, -0.25) is 0 Å². The van der Waals surface area contributed by atoms with Gasteiger partial charge < -0.3 is 19.5 Å². The molecule has 4 rings (SSSR count).